The van der Waals surface area contributed by atoms with Crippen LogP contribution in [0.5, 0.6) is 0 Å². The molecule has 2 N–H and O–H groups in total. The maximum Gasteiger partial charge on any atom is 0.328 e. The zero-order chi connectivity index (χ0) is 16.1. The van der Waals surface area contributed by atoms with E-state index in [-0.39, 0.29) is 17.6 Å². The van der Waals surface area contributed by atoms with Crippen molar-refractivity contribution in [3.8, 4) is 0 Å². The number of ether oxygens (including phenoxy) is 1. The number of rotatable bonds is 8. The van der Waals surface area contributed by atoms with Crippen molar-refractivity contribution in [2.24, 2.45) is 5.92 Å². The third kappa shape index (κ3) is 4.46. The van der Waals surface area contributed by atoms with Crippen LogP contribution >= 0.6 is 11.8 Å². The monoisotopic (exact) mass is 326 g/mol. The zero-order valence-corrected chi connectivity index (χ0v) is 13.9. The van der Waals surface area contributed by atoms with Gasteiger partial charge < -0.3 is 10.1 Å². The topological polar surface area (TPSA) is 97.0 Å². The van der Waals surface area contributed by atoms with Gasteiger partial charge in [-0.15, -0.1) is 5.10 Å². The lowest BCUT2D eigenvalue weighted by atomic mass is 9.99. The molecule has 1 aliphatic rings. The fraction of sp³-hybridized carbons (Fsp3) is 0.714. The maximum absolute atomic E-state index is 12.0. The number of hydrogen-bond donors (Lipinski definition) is 2. The van der Waals surface area contributed by atoms with Gasteiger partial charge in [-0.25, -0.2) is 9.78 Å². The standard InChI is InChI=1S/C14H22N4O3S/c1-4-8(2)11(13(20)21-3)15-10(19)7-22-14-16-12(17-18-14)9-5-6-9/h8-9,11H,4-7H2,1-3H3,(H,15,19)(H,16,17,18). The Kier molecular flexibility index (Phi) is 5.82. The highest BCUT2D eigenvalue weighted by Gasteiger charge is 2.28. The number of nitrogens with one attached hydrogen (secondary N) is 2. The second-order valence-electron chi connectivity index (χ2n) is 5.52. The molecule has 0 aliphatic heterocycles. The molecule has 2 atom stereocenters. The summed E-state index contributed by atoms with van der Waals surface area (Å²) in [5.41, 5.74) is 0. The number of methoxy groups -OCH3 is 1. The second-order valence-corrected chi connectivity index (χ2v) is 6.46. The quantitative estimate of drug-likeness (QED) is 0.555. The molecule has 0 spiro atoms. The van der Waals surface area contributed by atoms with E-state index in [1.54, 1.807) is 0 Å². The van der Waals surface area contributed by atoms with E-state index in [4.69, 9.17) is 4.74 Å². The molecule has 1 aliphatic carbocycles. The summed E-state index contributed by atoms with van der Waals surface area (Å²) in [5.74, 6) is 0.956. The molecule has 0 saturated heterocycles. The van der Waals surface area contributed by atoms with E-state index in [0.717, 1.165) is 25.1 Å². The van der Waals surface area contributed by atoms with Crippen LogP contribution < -0.4 is 5.32 Å². The van der Waals surface area contributed by atoms with Crippen molar-refractivity contribution in [2.75, 3.05) is 12.9 Å². The first-order valence-electron chi connectivity index (χ1n) is 7.47. The molecule has 8 heteroatoms. The second kappa shape index (κ2) is 7.62. The summed E-state index contributed by atoms with van der Waals surface area (Å²) in [6, 6.07) is -0.614. The van der Waals surface area contributed by atoms with Gasteiger partial charge in [0.2, 0.25) is 11.1 Å². The Morgan fingerprint density at radius 1 is 1.50 bits per heavy atom. The lowest BCUT2D eigenvalue weighted by Crippen LogP contribution is -2.46. The summed E-state index contributed by atoms with van der Waals surface area (Å²) in [6.45, 7) is 3.88. The normalized spacial score (nSPS) is 16.9. The van der Waals surface area contributed by atoms with E-state index in [1.807, 2.05) is 13.8 Å². The summed E-state index contributed by atoms with van der Waals surface area (Å²) < 4.78 is 4.75. The van der Waals surface area contributed by atoms with Gasteiger partial charge in [-0.05, 0) is 18.8 Å². The Labute approximate surface area is 134 Å². The lowest BCUT2D eigenvalue weighted by molar-refractivity contribution is -0.146. The number of carbonyl (C=O) groups is 2. The molecule has 1 aromatic heterocycles. The Morgan fingerprint density at radius 2 is 2.23 bits per heavy atom. The molecule has 1 aromatic rings. The van der Waals surface area contributed by atoms with Gasteiger partial charge in [-0.2, -0.15) is 0 Å². The SMILES string of the molecule is CCC(C)C(NC(=O)CSc1n[nH]c(C2CC2)n1)C(=O)OC. The lowest BCUT2D eigenvalue weighted by Gasteiger charge is -2.21. The minimum atomic E-state index is -0.614. The molecule has 1 amide bonds. The van der Waals surface area contributed by atoms with Gasteiger partial charge in [-0.3, -0.25) is 9.89 Å². The molecular weight excluding hydrogens is 304 g/mol. The van der Waals surface area contributed by atoms with E-state index in [2.05, 4.69) is 20.5 Å². The largest absolute Gasteiger partial charge is 0.467 e. The van der Waals surface area contributed by atoms with Crippen molar-refractivity contribution >= 4 is 23.6 Å². The Bertz CT molecular complexity index is 530. The highest BCUT2D eigenvalue weighted by atomic mass is 32.2. The van der Waals surface area contributed by atoms with Crippen molar-refractivity contribution in [3.63, 3.8) is 0 Å². The first-order chi connectivity index (χ1) is 10.5. The Morgan fingerprint density at radius 3 is 2.82 bits per heavy atom. The van der Waals surface area contributed by atoms with E-state index in [1.165, 1.54) is 18.9 Å². The van der Waals surface area contributed by atoms with Gasteiger partial charge in [0.25, 0.3) is 0 Å². The van der Waals surface area contributed by atoms with Gasteiger partial charge in [0.1, 0.15) is 11.9 Å². The first-order valence-corrected chi connectivity index (χ1v) is 8.46. The summed E-state index contributed by atoms with van der Waals surface area (Å²) in [5, 5.41) is 10.3. The van der Waals surface area contributed by atoms with Crippen molar-refractivity contribution in [3.05, 3.63) is 5.82 Å². The van der Waals surface area contributed by atoms with Crippen LogP contribution in [0.1, 0.15) is 44.9 Å². The van der Waals surface area contributed by atoms with E-state index >= 15 is 0 Å². The molecule has 1 saturated carbocycles. The van der Waals surface area contributed by atoms with Crippen molar-refractivity contribution in [1.82, 2.24) is 20.5 Å². The summed E-state index contributed by atoms with van der Waals surface area (Å²) in [6.07, 6.45) is 3.07. The average Bonchev–Trinajstić information content (AvgIpc) is 3.27. The first kappa shape index (κ1) is 16.8. The van der Waals surface area contributed by atoms with Gasteiger partial charge in [0.05, 0.1) is 12.9 Å². The highest BCUT2D eigenvalue weighted by Crippen LogP contribution is 2.38. The van der Waals surface area contributed by atoms with Gasteiger partial charge in [0.15, 0.2) is 0 Å². The van der Waals surface area contributed by atoms with E-state index < -0.39 is 12.0 Å². The van der Waals surface area contributed by atoms with Crippen LogP contribution in [-0.2, 0) is 14.3 Å². The number of carbonyl (C=O) groups excluding carboxylic acids is 2. The molecule has 1 heterocycles. The van der Waals surface area contributed by atoms with Gasteiger partial charge in [0, 0.05) is 5.92 Å². The van der Waals surface area contributed by atoms with Crippen molar-refractivity contribution in [2.45, 2.75) is 50.2 Å². The smallest absolute Gasteiger partial charge is 0.328 e. The van der Waals surface area contributed by atoms with Crippen LogP contribution in [-0.4, -0.2) is 46.0 Å². The van der Waals surface area contributed by atoms with Crippen molar-refractivity contribution < 1.29 is 14.3 Å². The molecule has 122 valence electrons. The van der Waals surface area contributed by atoms with Crippen LogP contribution in [0.15, 0.2) is 5.16 Å². The van der Waals surface area contributed by atoms with Crippen LogP contribution in [0.3, 0.4) is 0 Å². The van der Waals surface area contributed by atoms with Crippen LogP contribution in [0.25, 0.3) is 0 Å². The number of esters is 1. The van der Waals surface area contributed by atoms with E-state index in [0.29, 0.717) is 11.1 Å². The molecule has 0 radical (unpaired) electrons. The number of hydrogen-bond acceptors (Lipinski definition) is 6. The molecule has 0 bridgehead atoms. The predicted octanol–water partition coefficient (Wildman–Crippen LogP) is 1.48. The Hall–Kier alpha value is -1.57. The number of nitrogens with zero attached hydrogens (tertiary/aromatic N) is 2. The molecule has 1 fully saturated rings. The minimum Gasteiger partial charge on any atom is -0.467 e. The number of H-pyrrole nitrogens is 1. The fourth-order valence-electron chi connectivity index (χ4n) is 2.00. The van der Waals surface area contributed by atoms with Crippen molar-refractivity contribution in [1.29, 1.82) is 0 Å². The Balaban J connectivity index is 1.83. The third-order valence-electron chi connectivity index (χ3n) is 3.76. The molecule has 2 unspecified atom stereocenters. The number of aromatic amines is 1. The molecule has 2 rings (SSSR count). The maximum atomic E-state index is 12.0. The number of aromatic nitrogens is 3. The third-order valence-corrected chi connectivity index (χ3v) is 4.61. The van der Waals surface area contributed by atoms with Gasteiger partial charge in [-0.1, -0.05) is 32.0 Å². The minimum absolute atomic E-state index is 0.0198. The molecule has 0 aromatic carbocycles. The molecule has 22 heavy (non-hydrogen) atoms. The van der Waals surface area contributed by atoms with Crippen LogP contribution in [0, 0.1) is 5.92 Å². The average molecular weight is 326 g/mol. The number of amides is 1. The number of thioether (sulfide) groups is 1. The molecule has 7 nitrogen and oxygen atoms in total. The molecular formula is C14H22N4O3S. The van der Waals surface area contributed by atoms with Crippen LogP contribution in [0.2, 0.25) is 0 Å². The fourth-order valence-corrected chi connectivity index (χ4v) is 2.62. The predicted molar refractivity (Wildman–Crippen MR) is 82.5 cm³/mol. The zero-order valence-electron chi connectivity index (χ0n) is 13.1. The van der Waals surface area contributed by atoms with E-state index in [9.17, 15) is 9.59 Å². The van der Waals surface area contributed by atoms with Crippen LogP contribution in [0.4, 0.5) is 0 Å². The summed E-state index contributed by atoms with van der Waals surface area (Å²) >= 11 is 1.26. The van der Waals surface area contributed by atoms with Gasteiger partial charge >= 0.3 is 5.97 Å². The summed E-state index contributed by atoms with van der Waals surface area (Å²) in [7, 11) is 1.33. The summed E-state index contributed by atoms with van der Waals surface area (Å²) in [4.78, 5) is 28.1. The highest BCUT2D eigenvalue weighted by molar-refractivity contribution is 7.99.